The van der Waals surface area contributed by atoms with Gasteiger partial charge in [0, 0.05) is 33.8 Å². The fourth-order valence-electron chi connectivity index (χ4n) is 2.00. The minimum absolute atomic E-state index is 0.120. The van der Waals surface area contributed by atoms with Crippen LogP contribution in [0, 0.1) is 0 Å². The van der Waals surface area contributed by atoms with E-state index in [0.29, 0.717) is 22.9 Å². The second kappa shape index (κ2) is 7.48. The third kappa shape index (κ3) is 3.99. The molecule has 0 atom stereocenters. The molecule has 0 aromatic heterocycles. The van der Waals surface area contributed by atoms with E-state index in [0.717, 1.165) is 11.4 Å². The van der Waals surface area contributed by atoms with Gasteiger partial charge in [-0.05, 0) is 24.0 Å². The van der Waals surface area contributed by atoms with Crippen molar-refractivity contribution in [1.29, 1.82) is 0 Å². The Labute approximate surface area is 134 Å². The van der Waals surface area contributed by atoms with Crippen LogP contribution in [0.1, 0.15) is 12.5 Å². The summed E-state index contributed by atoms with van der Waals surface area (Å²) in [4.78, 5) is 1.19. The van der Waals surface area contributed by atoms with Gasteiger partial charge in [0.15, 0.2) is 11.5 Å². The summed E-state index contributed by atoms with van der Waals surface area (Å²) in [5.74, 6) is 1.51. The molecule has 2 aromatic rings. The number of para-hydroxylation sites is 1. The van der Waals surface area contributed by atoms with Crippen molar-refractivity contribution in [3.63, 3.8) is 0 Å². The number of methoxy groups -OCH3 is 1. The maximum atomic E-state index is 10.1. The second-order valence-electron chi connectivity index (χ2n) is 4.40. The average Bonchev–Trinajstić information content (AvgIpc) is 2.49. The highest BCUT2D eigenvalue weighted by Gasteiger charge is 2.10. The molecule has 0 aliphatic heterocycles. The Hall–Kier alpha value is -1.52. The van der Waals surface area contributed by atoms with E-state index in [-0.39, 0.29) is 5.75 Å². The Bertz CT molecular complexity index is 619. The van der Waals surface area contributed by atoms with Gasteiger partial charge in [0.05, 0.1) is 7.11 Å². The topological polar surface area (TPSA) is 41.5 Å². The molecule has 0 aliphatic rings. The lowest BCUT2D eigenvalue weighted by Gasteiger charge is -2.13. The number of phenolic OH excluding ortho intramolecular Hbond substituents is 1. The molecule has 0 saturated carbocycles. The molecule has 2 N–H and O–H groups in total. The van der Waals surface area contributed by atoms with Crippen molar-refractivity contribution in [1.82, 2.24) is 0 Å². The fraction of sp³-hybridized carbons (Fsp3) is 0.250. The van der Waals surface area contributed by atoms with Gasteiger partial charge >= 0.3 is 0 Å². The number of halogens is 1. The fourth-order valence-corrected chi connectivity index (χ4v) is 3.02. The predicted octanol–water partition coefficient (Wildman–Crippen LogP) is 4.78. The lowest BCUT2D eigenvalue weighted by molar-refractivity contribution is 0.371. The molecule has 0 bridgehead atoms. The van der Waals surface area contributed by atoms with Crippen LogP contribution in [0.3, 0.4) is 0 Å². The average molecular weight is 324 g/mol. The molecule has 5 heteroatoms. The zero-order valence-corrected chi connectivity index (χ0v) is 13.6. The van der Waals surface area contributed by atoms with Crippen molar-refractivity contribution >= 4 is 29.1 Å². The first-order chi connectivity index (χ1) is 10.2. The van der Waals surface area contributed by atoms with E-state index in [1.54, 1.807) is 23.9 Å². The smallest absolute Gasteiger partial charge is 0.162 e. The number of aromatic hydroxyl groups is 1. The summed E-state index contributed by atoms with van der Waals surface area (Å²) >= 11 is 7.82. The first-order valence-corrected chi connectivity index (χ1v) is 8.03. The van der Waals surface area contributed by atoms with Crippen LogP contribution in [0.25, 0.3) is 0 Å². The van der Waals surface area contributed by atoms with Crippen LogP contribution in [-0.4, -0.2) is 18.0 Å². The molecule has 0 amide bonds. The van der Waals surface area contributed by atoms with E-state index >= 15 is 0 Å². The molecular weight excluding hydrogens is 306 g/mol. The van der Waals surface area contributed by atoms with E-state index in [1.165, 1.54) is 12.0 Å². The SMILES string of the molecule is CCSc1ccccc1NCc1cc(Cl)cc(OC)c1O. The molecule has 0 spiro atoms. The van der Waals surface area contributed by atoms with Crippen LogP contribution in [-0.2, 0) is 6.54 Å². The molecule has 0 heterocycles. The van der Waals surface area contributed by atoms with Crippen molar-refractivity contribution in [2.75, 3.05) is 18.2 Å². The number of rotatable bonds is 6. The van der Waals surface area contributed by atoms with Gasteiger partial charge in [0.2, 0.25) is 0 Å². The van der Waals surface area contributed by atoms with Gasteiger partial charge in [0.25, 0.3) is 0 Å². The largest absolute Gasteiger partial charge is 0.504 e. The Morgan fingerprint density at radius 1 is 1.29 bits per heavy atom. The van der Waals surface area contributed by atoms with Gasteiger partial charge in [0.1, 0.15) is 0 Å². The summed E-state index contributed by atoms with van der Waals surface area (Å²) < 4.78 is 5.11. The van der Waals surface area contributed by atoms with Crippen molar-refractivity contribution < 1.29 is 9.84 Å². The molecule has 21 heavy (non-hydrogen) atoms. The highest BCUT2D eigenvalue weighted by atomic mass is 35.5. The Morgan fingerprint density at radius 3 is 2.76 bits per heavy atom. The minimum atomic E-state index is 0.120. The van der Waals surface area contributed by atoms with E-state index < -0.39 is 0 Å². The van der Waals surface area contributed by atoms with Gasteiger partial charge in [-0.3, -0.25) is 0 Å². The third-order valence-corrected chi connectivity index (χ3v) is 4.17. The third-order valence-electron chi connectivity index (χ3n) is 2.99. The zero-order valence-electron chi connectivity index (χ0n) is 12.0. The predicted molar refractivity (Wildman–Crippen MR) is 89.8 cm³/mol. The van der Waals surface area contributed by atoms with Crippen LogP contribution in [0.4, 0.5) is 5.69 Å². The van der Waals surface area contributed by atoms with E-state index in [4.69, 9.17) is 16.3 Å². The van der Waals surface area contributed by atoms with E-state index in [2.05, 4.69) is 18.3 Å². The van der Waals surface area contributed by atoms with Crippen molar-refractivity contribution in [3.05, 3.63) is 47.0 Å². The first kappa shape index (κ1) is 15.9. The molecule has 0 saturated heterocycles. The van der Waals surface area contributed by atoms with E-state index in [1.807, 2.05) is 18.2 Å². The first-order valence-electron chi connectivity index (χ1n) is 6.66. The summed E-state index contributed by atoms with van der Waals surface area (Å²) in [6.45, 7) is 2.60. The molecular formula is C16H18ClNO2S. The maximum absolute atomic E-state index is 10.1. The Balaban J connectivity index is 2.19. The summed E-state index contributed by atoms with van der Waals surface area (Å²) in [7, 11) is 1.51. The summed E-state index contributed by atoms with van der Waals surface area (Å²) in [5, 5.41) is 14.0. The lowest BCUT2D eigenvalue weighted by atomic mass is 10.1. The number of phenols is 1. The molecule has 112 valence electrons. The summed E-state index contributed by atoms with van der Waals surface area (Å²) in [6, 6.07) is 11.4. The highest BCUT2D eigenvalue weighted by Crippen LogP contribution is 2.34. The highest BCUT2D eigenvalue weighted by molar-refractivity contribution is 7.99. The molecule has 2 rings (SSSR count). The molecule has 3 nitrogen and oxygen atoms in total. The van der Waals surface area contributed by atoms with Crippen LogP contribution >= 0.6 is 23.4 Å². The van der Waals surface area contributed by atoms with Gasteiger partial charge in [-0.2, -0.15) is 0 Å². The van der Waals surface area contributed by atoms with Crippen molar-refractivity contribution in [2.24, 2.45) is 0 Å². The molecule has 0 aliphatic carbocycles. The number of benzene rings is 2. The maximum Gasteiger partial charge on any atom is 0.162 e. The van der Waals surface area contributed by atoms with Crippen LogP contribution < -0.4 is 10.1 Å². The standard InChI is InChI=1S/C16H18ClNO2S/c1-3-21-15-7-5-4-6-13(15)18-10-11-8-12(17)9-14(20-2)16(11)19/h4-9,18-19H,3,10H2,1-2H3. The van der Waals surface area contributed by atoms with Gasteiger partial charge in [-0.25, -0.2) is 0 Å². The summed E-state index contributed by atoms with van der Waals surface area (Å²) in [5.41, 5.74) is 1.75. The number of ether oxygens (including phenoxy) is 1. The van der Waals surface area contributed by atoms with Gasteiger partial charge in [-0.1, -0.05) is 30.7 Å². The number of thioether (sulfide) groups is 1. The van der Waals surface area contributed by atoms with Crippen molar-refractivity contribution in [2.45, 2.75) is 18.4 Å². The molecule has 2 aromatic carbocycles. The van der Waals surface area contributed by atoms with Crippen LogP contribution in [0.15, 0.2) is 41.3 Å². The molecule has 0 radical (unpaired) electrons. The number of hydrogen-bond donors (Lipinski definition) is 2. The normalized spacial score (nSPS) is 10.4. The molecule has 0 fully saturated rings. The van der Waals surface area contributed by atoms with Crippen LogP contribution in [0.2, 0.25) is 5.02 Å². The van der Waals surface area contributed by atoms with Gasteiger partial charge < -0.3 is 15.2 Å². The zero-order chi connectivity index (χ0) is 15.2. The second-order valence-corrected chi connectivity index (χ2v) is 6.14. The summed E-state index contributed by atoms with van der Waals surface area (Å²) in [6.07, 6.45) is 0. The minimum Gasteiger partial charge on any atom is -0.504 e. The van der Waals surface area contributed by atoms with Crippen LogP contribution in [0.5, 0.6) is 11.5 Å². The lowest BCUT2D eigenvalue weighted by Crippen LogP contribution is -2.02. The van der Waals surface area contributed by atoms with E-state index in [9.17, 15) is 5.11 Å². The number of nitrogens with one attached hydrogen (secondary N) is 1. The number of hydrogen-bond acceptors (Lipinski definition) is 4. The Kier molecular flexibility index (Phi) is 5.65. The monoisotopic (exact) mass is 323 g/mol. The Morgan fingerprint density at radius 2 is 2.05 bits per heavy atom. The number of anilines is 1. The van der Waals surface area contributed by atoms with Crippen molar-refractivity contribution in [3.8, 4) is 11.5 Å². The molecule has 0 unspecified atom stereocenters. The quantitative estimate of drug-likeness (QED) is 0.751. The van der Waals surface area contributed by atoms with Gasteiger partial charge in [-0.15, -0.1) is 11.8 Å².